The van der Waals surface area contributed by atoms with E-state index in [9.17, 15) is 18.4 Å². The number of allylic oxidation sites excluding steroid dienone is 2. The van der Waals surface area contributed by atoms with E-state index in [0.29, 0.717) is 28.5 Å². The van der Waals surface area contributed by atoms with E-state index >= 15 is 4.39 Å². The Morgan fingerprint density at radius 2 is 1.94 bits per heavy atom. The van der Waals surface area contributed by atoms with Crippen molar-refractivity contribution in [3.63, 3.8) is 0 Å². The van der Waals surface area contributed by atoms with Crippen molar-refractivity contribution < 1.29 is 17.6 Å². The first-order valence-corrected chi connectivity index (χ1v) is 11.9. The van der Waals surface area contributed by atoms with Crippen LogP contribution in [0.2, 0.25) is 0 Å². The van der Waals surface area contributed by atoms with Gasteiger partial charge >= 0.3 is 6.18 Å². The van der Waals surface area contributed by atoms with Crippen molar-refractivity contribution in [1.29, 1.82) is 5.26 Å². The van der Waals surface area contributed by atoms with Crippen LogP contribution in [0.15, 0.2) is 12.1 Å². The van der Waals surface area contributed by atoms with Crippen LogP contribution in [0.5, 0.6) is 0 Å². The van der Waals surface area contributed by atoms with Gasteiger partial charge in [-0.15, -0.1) is 0 Å². The molecule has 0 aromatic carbocycles. The van der Waals surface area contributed by atoms with Gasteiger partial charge in [-0.2, -0.15) is 23.5 Å². The summed E-state index contributed by atoms with van der Waals surface area (Å²) in [4.78, 5) is 8.22. The molecule has 0 bridgehead atoms. The maximum Gasteiger partial charge on any atom is 0.418 e. The van der Waals surface area contributed by atoms with Gasteiger partial charge in [-0.1, -0.05) is 0 Å². The maximum absolute atomic E-state index is 16.4. The zero-order valence-corrected chi connectivity index (χ0v) is 19.6. The Morgan fingerprint density at radius 1 is 1.25 bits per heavy atom. The Hall–Kier alpha value is -3.52. The highest BCUT2D eigenvalue weighted by Crippen LogP contribution is 2.58. The highest BCUT2D eigenvalue weighted by atomic mass is 19.4. The monoisotopic (exact) mass is 497 g/mol. The van der Waals surface area contributed by atoms with Gasteiger partial charge in [-0.25, -0.2) is 14.4 Å². The largest absolute Gasteiger partial charge is 0.418 e. The number of nitriles is 1. The minimum atomic E-state index is -4.80. The number of halogens is 4. The topological polar surface area (TPSA) is 105 Å². The number of piperidine rings is 1. The number of anilines is 1. The predicted molar refractivity (Wildman–Crippen MR) is 125 cm³/mol. The molecule has 2 aliphatic carbocycles. The fourth-order valence-electron chi connectivity index (χ4n) is 5.74. The molecule has 2 unspecified atom stereocenters. The SMILES string of the molecule is C/C(=C\C#N)c1nc(-c2cc(N)nc(C)c2C(F)(F)F)c(F)c2c1c(C1C3CNCC31)nn2C1CC1. The van der Waals surface area contributed by atoms with Crippen LogP contribution in [0.1, 0.15) is 54.4 Å². The number of hydrogen-bond donors (Lipinski definition) is 2. The molecule has 0 amide bonds. The average molecular weight is 498 g/mol. The molecule has 2 atom stereocenters. The molecule has 3 N–H and O–H groups in total. The molecule has 1 saturated heterocycles. The second-order valence-corrected chi connectivity index (χ2v) is 9.93. The summed E-state index contributed by atoms with van der Waals surface area (Å²) in [6.45, 7) is 4.52. The van der Waals surface area contributed by atoms with Crippen molar-refractivity contribution in [2.45, 2.75) is 44.8 Å². The highest BCUT2D eigenvalue weighted by Gasteiger charge is 2.56. The Kier molecular flexibility index (Phi) is 4.92. The molecule has 3 aliphatic rings. The van der Waals surface area contributed by atoms with Crippen LogP contribution in [-0.4, -0.2) is 32.8 Å². The number of nitrogens with one attached hydrogen (secondary N) is 1. The third-order valence-corrected chi connectivity index (χ3v) is 7.53. The lowest BCUT2D eigenvalue weighted by Gasteiger charge is -2.17. The Balaban J connectivity index is 1.70. The van der Waals surface area contributed by atoms with E-state index < -0.39 is 28.8 Å². The molecule has 0 radical (unpaired) electrons. The lowest BCUT2D eigenvalue weighted by atomic mass is 9.98. The van der Waals surface area contributed by atoms with Crippen LogP contribution in [-0.2, 0) is 6.18 Å². The molecule has 186 valence electrons. The number of nitrogens with zero attached hydrogens (tertiary/aromatic N) is 5. The number of pyridine rings is 2. The van der Waals surface area contributed by atoms with Gasteiger partial charge in [0.15, 0.2) is 5.82 Å². The number of nitrogens with two attached hydrogens (primary N) is 1. The second-order valence-electron chi connectivity index (χ2n) is 9.93. The van der Waals surface area contributed by atoms with Crippen LogP contribution in [0.4, 0.5) is 23.4 Å². The Morgan fingerprint density at radius 3 is 2.56 bits per heavy atom. The highest BCUT2D eigenvalue weighted by molar-refractivity contribution is 5.96. The summed E-state index contributed by atoms with van der Waals surface area (Å²) in [5.74, 6) is -0.156. The molecule has 3 aromatic heterocycles. The summed E-state index contributed by atoms with van der Waals surface area (Å²) >= 11 is 0. The lowest BCUT2D eigenvalue weighted by molar-refractivity contribution is -0.137. The first-order chi connectivity index (χ1) is 17.1. The number of aryl methyl sites for hydroxylation is 1. The summed E-state index contributed by atoms with van der Waals surface area (Å²) < 4.78 is 60.4. The van der Waals surface area contributed by atoms with Gasteiger partial charge in [0, 0.05) is 17.6 Å². The fourth-order valence-corrected chi connectivity index (χ4v) is 5.74. The van der Waals surface area contributed by atoms with Gasteiger partial charge < -0.3 is 11.1 Å². The molecule has 0 spiro atoms. The van der Waals surface area contributed by atoms with Gasteiger partial charge in [-0.3, -0.25) is 4.68 Å². The average Bonchev–Trinajstić information content (AvgIpc) is 3.67. The molecule has 36 heavy (non-hydrogen) atoms. The fraction of sp³-hybridized carbons (Fsp3) is 0.440. The Bertz CT molecular complexity index is 1480. The molecule has 6 rings (SSSR count). The summed E-state index contributed by atoms with van der Waals surface area (Å²) in [7, 11) is 0. The molecular weight excluding hydrogens is 474 g/mol. The maximum atomic E-state index is 16.4. The van der Waals surface area contributed by atoms with E-state index in [1.165, 1.54) is 13.0 Å². The molecule has 4 heterocycles. The molecule has 3 aromatic rings. The van der Waals surface area contributed by atoms with E-state index in [1.807, 2.05) is 6.07 Å². The quantitative estimate of drug-likeness (QED) is 0.399. The van der Waals surface area contributed by atoms with Crippen LogP contribution >= 0.6 is 0 Å². The number of aromatic nitrogens is 4. The number of nitrogen functional groups attached to an aromatic ring is 1. The zero-order chi connectivity index (χ0) is 25.5. The lowest BCUT2D eigenvalue weighted by Crippen LogP contribution is -2.14. The summed E-state index contributed by atoms with van der Waals surface area (Å²) in [5, 5.41) is 18.0. The van der Waals surface area contributed by atoms with E-state index in [1.54, 1.807) is 11.6 Å². The first kappa shape index (κ1) is 22.9. The van der Waals surface area contributed by atoms with Crippen molar-refractivity contribution in [2.75, 3.05) is 18.8 Å². The third-order valence-electron chi connectivity index (χ3n) is 7.53. The number of hydrogen-bond acceptors (Lipinski definition) is 6. The number of rotatable bonds is 4. The smallest absolute Gasteiger partial charge is 0.384 e. The van der Waals surface area contributed by atoms with E-state index in [0.717, 1.165) is 32.0 Å². The third kappa shape index (κ3) is 3.38. The van der Waals surface area contributed by atoms with Crippen molar-refractivity contribution in [2.24, 2.45) is 11.8 Å². The zero-order valence-electron chi connectivity index (χ0n) is 19.6. The van der Waals surface area contributed by atoms with Crippen molar-refractivity contribution >= 4 is 22.3 Å². The molecule has 7 nitrogen and oxygen atoms in total. The molecule has 1 aliphatic heterocycles. The van der Waals surface area contributed by atoms with Gasteiger partial charge in [-0.05, 0) is 63.3 Å². The molecule has 11 heteroatoms. The van der Waals surface area contributed by atoms with Crippen molar-refractivity contribution in [3.05, 3.63) is 40.6 Å². The number of alkyl halides is 3. The van der Waals surface area contributed by atoms with E-state index in [4.69, 9.17) is 10.8 Å². The van der Waals surface area contributed by atoms with E-state index in [-0.39, 0.29) is 34.7 Å². The van der Waals surface area contributed by atoms with Gasteiger partial charge in [0.1, 0.15) is 17.0 Å². The molecule has 2 saturated carbocycles. The van der Waals surface area contributed by atoms with Crippen LogP contribution in [0, 0.1) is 35.9 Å². The second kappa shape index (κ2) is 7.74. The summed E-state index contributed by atoms with van der Waals surface area (Å²) in [5.41, 5.74) is 4.95. The standard InChI is InChI=1S/C25H23F4N7/c1-10(5-6-30)21-18-23(17-14-8-32-9-15(14)17)35-36(12-3-4-12)24(18)20(26)22(34-21)13-7-16(31)33-11(2)19(13)25(27,28)29/h5,7,12,14-15,17,32H,3-4,8-9H2,1-2H3,(H2,31,33)/b10-5+. The van der Waals surface area contributed by atoms with Crippen LogP contribution in [0.3, 0.4) is 0 Å². The minimum Gasteiger partial charge on any atom is -0.384 e. The van der Waals surface area contributed by atoms with Crippen LogP contribution in [0.25, 0.3) is 27.7 Å². The predicted octanol–water partition coefficient (Wildman–Crippen LogP) is 4.74. The first-order valence-electron chi connectivity index (χ1n) is 11.9. The normalized spacial score (nSPS) is 23.7. The minimum absolute atomic E-state index is 0.0258. The van der Waals surface area contributed by atoms with E-state index in [2.05, 4.69) is 15.3 Å². The number of fused-ring (bicyclic) bond motifs is 2. The van der Waals surface area contributed by atoms with Crippen LogP contribution < -0.4 is 11.1 Å². The van der Waals surface area contributed by atoms with Gasteiger partial charge in [0.2, 0.25) is 0 Å². The summed E-state index contributed by atoms with van der Waals surface area (Å²) in [6.07, 6.45) is -1.91. The Labute approximate surface area is 204 Å². The van der Waals surface area contributed by atoms with Crippen molar-refractivity contribution in [3.8, 4) is 17.3 Å². The molecule has 3 fully saturated rings. The van der Waals surface area contributed by atoms with Gasteiger partial charge in [0.05, 0.1) is 40.1 Å². The summed E-state index contributed by atoms with van der Waals surface area (Å²) in [6, 6.07) is 2.95. The van der Waals surface area contributed by atoms with Gasteiger partial charge in [0.25, 0.3) is 0 Å². The van der Waals surface area contributed by atoms with Crippen molar-refractivity contribution in [1.82, 2.24) is 25.1 Å². The molecular formula is C25H23F4N7.